The minimum atomic E-state index is -0.214. The van der Waals surface area contributed by atoms with Crippen molar-refractivity contribution in [2.24, 2.45) is 5.92 Å². The van der Waals surface area contributed by atoms with Crippen molar-refractivity contribution in [3.63, 3.8) is 0 Å². The predicted molar refractivity (Wildman–Crippen MR) is 72.9 cm³/mol. The number of pyridine rings is 1. The SMILES string of the molecule is CC(C)CNC(=O)c1cnn(-c2ccccn2)c1N. The van der Waals surface area contributed by atoms with E-state index in [1.165, 1.54) is 10.9 Å². The van der Waals surface area contributed by atoms with E-state index in [4.69, 9.17) is 5.73 Å². The van der Waals surface area contributed by atoms with E-state index in [2.05, 4.69) is 15.4 Å². The van der Waals surface area contributed by atoms with Gasteiger partial charge in [-0.1, -0.05) is 19.9 Å². The summed E-state index contributed by atoms with van der Waals surface area (Å²) in [5.74, 6) is 1.05. The third kappa shape index (κ3) is 2.90. The lowest BCUT2D eigenvalue weighted by Crippen LogP contribution is -2.27. The molecule has 100 valence electrons. The van der Waals surface area contributed by atoms with Gasteiger partial charge < -0.3 is 11.1 Å². The fraction of sp³-hybridized carbons (Fsp3) is 0.308. The molecule has 0 unspecified atom stereocenters. The molecule has 2 heterocycles. The smallest absolute Gasteiger partial charge is 0.256 e. The molecule has 0 saturated heterocycles. The standard InChI is InChI=1S/C13H17N5O/c1-9(2)7-16-13(19)10-8-17-18(12(10)14)11-5-3-4-6-15-11/h3-6,8-9H,7,14H2,1-2H3,(H,16,19). The molecule has 0 bridgehead atoms. The maximum absolute atomic E-state index is 11.9. The number of carbonyl (C=O) groups excluding carboxylic acids is 1. The van der Waals surface area contributed by atoms with E-state index in [1.807, 2.05) is 19.9 Å². The minimum absolute atomic E-state index is 0.214. The Morgan fingerprint density at radius 2 is 2.26 bits per heavy atom. The Labute approximate surface area is 111 Å². The Morgan fingerprint density at radius 1 is 1.47 bits per heavy atom. The quantitative estimate of drug-likeness (QED) is 0.864. The van der Waals surface area contributed by atoms with Crippen molar-refractivity contribution in [2.75, 3.05) is 12.3 Å². The zero-order chi connectivity index (χ0) is 13.8. The normalized spacial score (nSPS) is 10.7. The molecule has 0 spiro atoms. The first-order valence-electron chi connectivity index (χ1n) is 6.12. The summed E-state index contributed by atoms with van der Waals surface area (Å²) in [5, 5.41) is 6.91. The highest BCUT2D eigenvalue weighted by Crippen LogP contribution is 2.15. The Hall–Kier alpha value is -2.37. The van der Waals surface area contributed by atoms with Crippen molar-refractivity contribution >= 4 is 11.7 Å². The van der Waals surface area contributed by atoms with Crippen LogP contribution in [0.5, 0.6) is 0 Å². The Kier molecular flexibility index (Phi) is 3.79. The number of nitrogens with zero attached hydrogens (tertiary/aromatic N) is 3. The molecule has 6 nitrogen and oxygen atoms in total. The van der Waals surface area contributed by atoms with E-state index in [0.29, 0.717) is 29.7 Å². The van der Waals surface area contributed by atoms with Gasteiger partial charge in [0.25, 0.3) is 5.91 Å². The molecule has 0 aliphatic carbocycles. The average molecular weight is 259 g/mol. The summed E-state index contributed by atoms with van der Waals surface area (Å²) in [4.78, 5) is 16.1. The van der Waals surface area contributed by atoms with Crippen molar-refractivity contribution in [3.8, 4) is 5.82 Å². The van der Waals surface area contributed by atoms with Crippen molar-refractivity contribution in [3.05, 3.63) is 36.2 Å². The molecule has 0 aliphatic rings. The van der Waals surface area contributed by atoms with Crippen LogP contribution in [-0.2, 0) is 0 Å². The number of amides is 1. The maximum Gasteiger partial charge on any atom is 0.256 e. The molecule has 2 aromatic rings. The summed E-state index contributed by atoms with van der Waals surface area (Å²) >= 11 is 0. The van der Waals surface area contributed by atoms with Crippen LogP contribution in [-0.4, -0.2) is 27.2 Å². The molecule has 3 N–H and O–H groups in total. The first kappa shape index (κ1) is 13.1. The number of nitrogens with two attached hydrogens (primary N) is 1. The molecular formula is C13H17N5O. The van der Waals surface area contributed by atoms with Crippen LogP contribution in [0.15, 0.2) is 30.6 Å². The number of hydrogen-bond acceptors (Lipinski definition) is 4. The molecule has 0 saturated carbocycles. The number of aromatic nitrogens is 3. The topological polar surface area (TPSA) is 85.8 Å². The number of rotatable bonds is 4. The molecule has 0 radical (unpaired) electrons. The second-order valence-electron chi connectivity index (χ2n) is 4.65. The van der Waals surface area contributed by atoms with Gasteiger partial charge in [0.05, 0.1) is 6.20 Å². The zero-order valence-corrected chi connectivity index (χ0v) is 11.0. The van der Waals surface area contributed by atoms with Gasteiger partial charge in [-0.3, -0.25) is 4.79 Å². The molecular weight excluding hydrogens is 242 g/mol. The average Bonchev–Trinajstić information content (AvgIpc) is 2.79. The summed E-state index contributed by atoms with van der Waals surface area (Å²) < 4.78 is 1.45. The highest BCUT2D eigenvalue weighted by molar-refractivity contribution is 5.98. The van der Waals surface area contributed by atoms with Crippen LogP contribution < -0.4 is 11.1 Å². The van der Waals surface area contributed by atoms with Crippen molar-refractivity contribution < 1.29 is 4.79 Å². The summed E-state index contributed by atoms with van der Waals surface area (Å²) in [6, 6.07) is 5.42. The van der Waals surface area contributed by atoms with Crippen LogP contribution in [0.1, 0.15) is 24.2 Å². The third-order valence-corrected chi connectivity index (χ3v) is 2.59. The van der Waals surface area contributed by atoms with E-state index in [9.17, 15) is 4.79 Å². The molecule has 6 heteroatoms. The first-order chi connectivity index (χ1) is 9.09. The van der Waals surface area contributed by atoms with Crippen molar-refractivity contribution in [2.45, 2.75) is 13.8 Å². The summed E-state index contributed by atoms with van der Waals surface area (Å²) in [5.41, 5.74) is 6.31. The van der Waals surface area contributed by atoms with Crippen LogP contribution in [0, 0.1) is 5.92 Å². The molecule has 2 aromatic heterocycles. The summed E-state index contributed by atoms with van der Waals surface area (Å²) in [6.45, 7) is 4.66. The van der Waals surface area contributed by atoms with Crippen LogP contribution >= 0.6 is 0 Å². The summed E-state index contributed by atoms with van der Waals surface area (Å²) in [7, 11) is 0. The first-order valence-corrected chi connectivity index (χ1v) is 6.12. The van der Waals surface area contributed by atoms with E-state index in [0.717, 1.165) is 0 Å². The molecule has 19 heavy (non-hydrogen) atoms. The van der Waals surface area contributed by atoms with Gasteiger partial charge in [-0.2, -0.15) is 9.78 Å². The Bertz CT molecular complexity index is 562. The van der Waals surface area contributed by atoms with Gasteiger partial charge in [-0.05, 0) is 18.1 Å². The fourth-order valence-corrected chi connectivity index (χ4v) is 1.59. The largest absolute Gasteiger partial charge is 0.383 e. The lowest BCUT2D eigenvalue weighted by atomic mass is 10.2. The highest BCUT2D eigenvalue weighted by atomic mass is 16.1. The molecule has 0 atom stereocenters. The highest BCUT2D eigenvalue weighted by Gasteiger charge is 2.16. The van der Waals surface area contributed by atoms with Gasteiger partial charge in [0.2, 0.25) is 0 Å². The molecule has 0 fully saturated rings. The van der Waals surface area contributed by atoms with Gasteiger partial charge in [-0.15, -0.1) is 0 Å². The van der Waals surface area contributed by atoms with Gasteiger partial charge in [0.15, 0.2) is 5.82 Å². The van der Waals surface area contributed by atoms with Crippen molar-refractivity contribution in [1.82, 2.24) is 20.1 Å². The number of nitrogens with one attached hydrogen (secondary N) is 1. The van der Waals surface area contributed by atoms with Crippen molar-refractivity contribution in [1.29, 1.82) is 0 Å². The van der Waals surface area contributed by atoms with E-state index in [1.54, 1.807) is 18.3 Å². The lowest BCUT2D eigenvalue weighted by Gasteiger charge is -2.07. The van der Waals surface area contributed by atoms with Crippen LogP contribution in [0.2, 0.25) is 0 Å². The van der Waals surface area contributed by atoms with E-state index >= 15 is 0 Å². The number of nitrogen functional groups attached to an aromatic ring is 1. The monoisotopic (exact) mass is 259 g/mol. The molecule has 0 aromatic carbocycles. The second kappa shape index (κ2) is 5.51. The Balaban J connectivity index is 2.21. The lowest BCUT2D eigenvalue weighted by molar-refractivity contribution is 0.0950. The third-order valence-electron chi connectivity index (χ3n) is 2.59. The number of hydrogen-bond donors (Lipinski definition) is 2. The van der Waals surface area contributed by atoms with Gasteiger partial charge >= 0.3 is 0 Å². The zero-order valence-electron chi connectivity index (χ0n) is 11.0. The molecule has 2 rings (SSSR count). The Morgan fingerprint density at radius 3 is 2.89 bits per heavy atom. The summed E-state index contributed by atoms with van der Waals surface area (Å²) in [6.07, 6.45) is 3.11. The molecule has 0 aliphatic heterocycles. The van der Waals surface area contributed by atoms with Crippen LogP contribution in [0.25, 0.3) is 5.82 Å². The predicted octanol–water partition coefficient (Wildman–Crippen LogP) is 1.24. The maximum atomic E-state index is 11.9. The fourth-order valence-electron chi connectivity index (χ4n) is 1.59. The van der Waals surface area contributed by atoms with Gasteiger partial charge in [0, 0.05) is 12.7 Å². The van der Waals surface area contributed by atoms with Gasteiger partial charge in [0.1, 0.15) is 11.4 Å². The van der Waals surface area contributed by atoms with Crippen LogP contribution in [0.4, 0.5) is 5.82 Å². The minimum Gasteiger partial charge on any atom is -0.383 e. The molecule has 1 amide bonds. The van der Waals surface area contributed by atoms with E-state index < -0.39 is 0 Å². The second-order valence-corrected chi connectivity index (χ2v) is 4.65. The van der Waals surface area contributed by atoms with E-state index in [-0.39, 0.29) is 5.91 Å². The number of anilines is 1. The van der Waals surface area contributed by atoms with Gasteiger partial charge in [-0.25, -0.2) is 4.98 Å². The number of carbonyl (C=O) groups is 1. The van der Waals surface area contributed by atoms with Crippen LogP contribution in [0.3, 0.4) is 0 Å².